The molecule has 0 amide bonds. The van der Waals surface area contributed by atoms with Crippen LogP contribution in [0.1, 0.15) is 13.8 Å². The average Bonchev–Trinajstić information content (AvgIpc) is 3.09. The molecule has 120 valence electrons. The van der Waals surface area contributed by atoms with E-state index in [4.69, 9.17) is 4.98 Å². The van der Waals surface area contributed by atoms with E-state index in [9.17, 15) is 0 Å². The summed E-state index contributed by atoms with van der Waals surface area (Å²) in [5.41, 5.74) is 3.28. The summed E-state index contributed by atoms with van der Waals surface area (Å²) in [7, 11) is 0. The Morgan fingerprint density at radius 1 is 0.667 bits per heavy atom. The first-order valence-corrected chi connectivity index (χ1v) is 8.99. The molecule has 4 rings (SSSR count). The van der Waals surface area contributed by atoms with Gasteiger partial charge in [0.15, 0.2) is 5.13 Å². The molecule has 0 bridgehead atoms. The third-order valence-electron chi connectivity index (χ3n) is 3.50. The molecule has 0 aliphatic heterocycles. The molecule has 0 aliphatic rings. The van der Waals surface area contributed by atoms with Crippen LogP contribution >= 0.6 is 11.3 Å². The number of thiazole rings is 1. The zero-order valence-corrected chi connectivity index (χ0v) is 14.7. The van der Waals surface area contributed by atoms with E-state index >= 15 is 0 Å². The van der Waals surface area contributed by atoms with Crippen LogP contribution in [-0.2, 0) is 0 Å². The second kappa shape index (κ2) is 7.75. The van der Waals surface area contributed by atoms with Crippen LogP contribution in [0.4, 0.5) is 16.5 Å². The summed E-state index contributed by atoms with van der Waals surface area (Å²) < 4.78 is 1.20. The lowest BCUT2D eigenvalue weighted by molar-refractivity contribution is 1.25. The summed E-state index contributed by atoms with van der Waals surface area (Å²) in [6.07, 6.45) is 0. The van der Waals surface area contributed by atoms with Crippen molar-refractivity contribution in [3.05, 3.63) is 84.9 Å². The summed E-state index contributed by atoms with van der Waals surface area (Å²) >= 11 is 1.71. The van der Waals surface area contributed by atoms with Gasteiger partial charge < -0.3 is 0 Å². The number of hydrogen-bond donors (Lipinski definition) is 0. The molecule has 0 saturated carbocycles. The van der Waals surface area contributed by atoms with E-state index in [1.807, 2.05) is 32.0 Å². The zero-order valence-electron chi connectivity index (χ0n) is 13.9. The van der Waals surface area contributed by atoms with Gasteiger partial charge in [0, 0.05) is 11.4 Å². The minimum absolute atomic E-state index is 0.985. The molecule has 0 spiro atoms. The molecule has 1 aromatic heterocycles. The molecule has 0 N–H and O–H groups in total. The van der Waals surface area contributed by atoms with Crippen LogP contribution in [0.25, 0.3) is 10.2 Å². The third-order valence-corrected chi connectivity index (χ3v) is 4.52. The van der Waals surface area contributed by atoms with Crippen molar-refractivity contribution in [3.63, 3.8) is 0 Å². The number of anilines is 3. The maximum atomic E-state index is 4.81. The van der Waals surface area contributed by atoms with Crippen molar-refractivity contribution in [1.82, 2.24) is 4.98 Å². The number of benzene rings is 3. The van der Waals surface area contributed by atoms with E-state index in [2.05, 4.69) is 71.6 Å². The fourth-order valence-electron chi connectivity index (χ4n) is 2.48. The van der Waals surface area contributed by atoms with Gasteiger partial charge in [0.25, 0.3) is 0 Å². The van der Waals surface area contributed by atoms with Gasteiger partial charge in [0.1, 0.15) is 0 Å². The van der Waals surface area contributed by atoms with Crippen LogP contribution < -0.4 is 4.90 Å². The van der Waals surface area contributed by atoms with Crippen LogP contribution in [0, 0.1) is 0 Å². The van der Waals surface area contributed by atoms with Gasteiger partial charge in [-0.1, -0.05) is 73.7 Å². The van der Waals surface area contributed by atoms with Crippen LogP contribution in [0.15, 0.2) is 84.9 Å². The van der Waals surface area contributed by atoms with Crippen molar-refractivity contribution in [2.45, 2.75) is 13.8 Å². The molecular weight excluding hydrogens is 312 g/mol. The fraction of sp³-hybridized carbons (Fsp3) is 0.0952. The summed E-state index contributed by atoms with van der Waals surface area (Å²) in [6, 6.07) is 29.0. The fourth-order valence-corrected chi connectivity index (χ4v) is 3.49. The third kappa shape index (κ3) is 3.31. The molecule has 0 saturated heterocycles. The molecule has 1 heterocycles. The first-order chi connectivity index (χ1) is 11.9. The normalized spacial score (nSPS) is 10.1. The average molecular weight is 332 g/mol. The smallest absolute Gasteiger partial charge is 0.195 e. The lowest BCUT2D eigenvalue weighted by Gasteiger charge is -2.21. The second-order valence-electron chi connectivity index (χ2n) is 4.97. The second-order valence-corrected chi connectivity index (χ2v) is 5.98. The number of rotatable bonds is 3. The molecule has 3 aromatic carbocycles. The van der Waals surface area contributed by atoms with Gasteiger partial charge in [0.05, 0.1) is 10.2 Å². The molecule has 0 aliphatic carbocycles. The molecular formula is C21H20N2S. The van der Waals surface area contributed by atoms with E-state index in [0.29, 0.717) is 0 Å². The van der Waals surface area contributed by atoms with Crippen molar-refractivity contribution < 1.29 is 0 Å². The molecule has 2 nitrogen and oxygen atoms in total. The Balaban J connectivity index is 0.000000815. The van der Waals surface area contributed by atoms with Gasteiger partial charge in [-0.25, -0.2) is 4.98 Å². The summed E-state index contributed by atoms with van der Waals surface area (Å²) in [5.74, 6) is 0. The first kappa shape index (κ1) is 16.2. The predicted octanol–water partition coefficient (Wildman–Crippen LogP) is 6.79. The summed E-state index contributed by atoms with van der Waals surface area (Å²) in [5, 5.41) is 0.985. The Kier molecular flexibility index (Phi) is 5.24. The number of hydrogen-bond acceptors (Lipinski definition) is 3. The molecule has 0 unspecified atom stereocenters. The van der Waals surface area contributed by atoms with E-state index in [1.54, 1.807) is 11.3 Å². The Bertz CT molecular complexity index is 813. The van der Waals surface area contributed by atoms with Gasteiger partial charge in [-0.05, 0) is 36.4 Å². The van der Waals surface area contributed by atoms with Crippen LogP contribution in [-0.4, -0.2) is 4.98 Å². The monoisotopic (exact) mass is 332 g/mol. The Morgan fingerprint density at radius 2 is 1.17 bits per heavy atom. The summed E-state index contributed by atoms with van der Waals surface area (Å²) in [4.78, 5) is 7.01. The summed E-state index contributed by atoms with van der Waals surface area (Å²) in [6.45, 7) is 4.00. The minimum atomic E-state index is 0.985. The quantitative estimate of drug-likeness (QED) is 0.410. The molecule has 0 radical (unpaired) electrons. The van der Waals surface area contributed by atoms with Gasteiger partial charge in [0.2, 0.25) is 0 Å². The van der Waals surface area contributed by atoms with E-state index in [1.165, 1.54) is 4.70 Å². The highest BCUT2D eigenvalue weighted by Crippen LogP contribution is 2.38. The van der Waals surface area contributed by atoms with Crippen molar-refractivity contribution in [1.29, 1.82) is 0 Å². The highest BCUT2D eigenvalue weighted by Gasteiger charge is 2.15. The first-order valence-electron chi connectivity index (χ1n) is 8.17. The van der Waals surface area contributed by atoms with E-state index in [0.717, 1.165) is 22.0 Å². The highest BCUT2D eigenvalue weighted by atomic mass is 32.1. The van der Waals surface area contributed by atoms with Crippen LogP contribution in [0.3, 0.4) is 0 Å². The van der Waals surface area contributed by atoms with Gasteiger partial charge in [-0.2, -0.15) is 0 Å². The maximum Gasteiger partial charge on any atom is 0.195 e. The number of nitrogens with zero attached hydrogens (tertiary/aromatic N) is 2. The van der Waals surface area contributed by atoms with E-state index in [-0.39, 0.29) is 0 Å². The van der Waals surface area contributed by atoms with Crippen LogP contribution in [0.2, 0.25) is 0 Å². The zero-order chi connectivity index (χ0) is 16.8. The topological polar surface area (TPSA) is 16.1 Å². The standard InChI is InChI=1S/C19H14N2S.C2H6/c1-3-9-15(10-4-1)21(16-11-5-2-6-12-16)19-20-17-13-7-8-14-18(17)22-19;1-2/h1-14H;1-2H3. The highest BCUT2D eigenvalue weighted by molar-refractivity contribution is 7.22. The van der Waals surface area contributed by atoms with Crippen molar-refractivity contribution in [2.24, 2.45) is 0 Å². The van der Waals surface area contributed by atoms with Gasteiger partial charge in [-0.15, -0.1) is 0 Å². The van der Waals surface area contributed by atoms with Crippen molar-refractivity contribution in [2.75, 3.05) is 4.90 Å². The lowest BCUT2D eigenvalue weighted by Crippen LogP contribution is -2.09. The lowest BCUT2D eigenvalue weighted by atomic mass is 10.2. The largest absolute Gasteiger partial charge is 0.286 e. The van der Waals surface area contributed by atoms with Gasteiger partial charge >= 0.3 is 0 Å². The van der Waals surface area contributed by atoms with Crippen LogP contribution in [0.5, 0.6) is 0 Å². The molecule has 0 fully saturated rings. The van der Waals surface area contributed by atoms with E-state index < -0.39 is 0 Å². The predicted molar refractivity (Wildman–Crippen MR) is 106 cm³/mol. The Labute approximate surface area is 147 Å². The maximum absolute atomic E-state index is 4.81. The van der Waals surface area contributed by atoms with Gasteiger partial charge in [-0.3, -0.25) is 4.90 Å². The van der Waals surface area contributed by atoms with Crippen molar-refractivity contribution in [3.8, 4) is 0 Å². The number of para-hydroxylation sites is 3. The SMILES string of the molecule is CC.c1ccc(N(c2ccccc2)c2nc3ccccc3s2)cc1. The number of fused-ring (bicyclic) bond motifs is 1. The molecule has 4 aromatic rings. The Morgan fingerprint density at radius 3 is 1.71 bits per heavy atom. The Hall–Kier alpha value is -2.65. The van der Waals surface area contributed by atoms with Crippen molar-refractivity contribution >= 4 is 38.1 Å². The minimum Gasteiger partial charge on any atom is -0.286 e. The molecule has 24 heavy (non-hydrogen) atoms. The molecule has 3 heteroatoms. The molecule has 0 atom stereocenters. The number of aromatic nitrogens is 1.